The first-order chi connectivity index (χ1) is 23.7. The van der Waals surface area contributed by atoms with E-state index in [2.05, 4.69) is 43.0 Å². The summed E-state index contributed by atoms with van der Waals surface area (Å²) in [5.74, 6) is -0.294. The van der Waals surface area contributed by atoms with Crippen LogP contribution in [0.1, 0.15) is 18.9 Å². The predicted molar refractivity (Wildman–Crippen MR) is 162 cm³/mol. The number of H-pyrrole nitrogens is 2. The molecule has 2 fully saturated rings. The standard InChI is InChI=1S/C10H16N5O14P3.C10H13N5O4/c11-10-13-7-4(8(18)14-10)12-2-15(7)9-6(17)5(16)3(27-9)1-26-31(22,23)29-32(24,25)28-30(19,20)21;11-10-13-8-7(9(18)14-10)12-3-15(8)6-1-4(17)5(2-16)19-6/h2-3,5-6,9,16-17H,1H2,(H,22,23)(H,24,25)(H2,19,20,21)(H3,11,13,14,18);3-6,16-17H,1-2H2,(H3,11,13,14,18)/t3-,5-,6-,9-;4-,5+,6+/m10/s1. The number of aromatic nitrogens is 8. The molecule has 28 nitrogen and oxygen atoms in total. The zero-order chi connectivity index (χ0) is 37.6. The van der Waals surface area contributed by atoms with Gasteiger partial charge in [0.05, 0.1) is 32.0 Å². The first-order valence-corrected chi connectivity index (χ1v) is 18.4. The molecule has 31 heteroatoms. The number of nitrogens with two attached hydrogens (primary N) is 2. The lowest BCUT2D eigenvalue weighted by molar-refractivity contribution is -0.0503. The minimum atomic E-state index is -5.73. The van der Waals surface area contributed by atoms with Crippen molar-refractivity contribution in [3.8, 4) is 0 Å². The number of aliphatic hydroxyl groups excluding tert-OH is 4. The van der Waals surface area contributed by atoms with Crippen molar-refractivity contribution >= 4 is 57.7 Å². The fourth-order valence-electron chi connectivity index (χ4n) is 4.90. The third-order valence-electron chi connectivity index (χ3n) is 7.02. The van der Waals surface area contributed by atoms with Gasteiger partial charge < -0.3 is 60.9 Å². The third kappa shape index (κ3) is 8.75. The zero-order valence-corrected chi connectivity index (χ0v) is 27.8. The topological polar surface area (TPSA) is 438 Å². The van der Waals surface area contributed by atoms with Gasteiger partial charge in [-0.2, -0.15) is 18.6 Å². The van der Waals surface area contributed by atoms with E-state index in [1.807, 2.05) is 0 Å². The van der Waals surface area contributed by atoms with E-state index in [9.17, 15) is 43.5 Å². The largest absolute Gasteiger partial charge is 0.490 e. The van der Waals surface area contributed by atoms with Crippen LogP contribution in [0, 0.1) is 0 Å². The molecule has 14 N–H and O–H groups in total. The van der Waals surface area contributed by atoms with Crippen molar-refractivity contribution in [2.45, 2.75) is 49.4 Å². The van der Waals surface area contributed by atoms with E-state index >= 15 is 0 Å². The molecular weight excluding hydrogens is 761 g/mol. The van der Waals surface area contributed by atoms with Crippen LogP contribution in [0.3, 0.4) is 0 Å². The Morgan fingerprint density at radius 2 is 1.37 bits per heavy atom. The summed E-state index contributed by atoms with van der Waals surface area (Å²) in [6, 6.07) is 0. The van der Waals surface area contributed by atoms with Crippen molar-refractivity contribution in [3.63, 3.8) is 0 Å². The Balaban J connectivity index is 0.000000224. The molecule has 4 aromatic heterocycles. The number of phosphoric ester groups is 1. The number of fused-ring (bicyclic) bond motifs is 2. The molecule has 6 rings (SSSR count). The number of nitrogens with zero attached hydrogens (tertiary/aromatic N) is 6. The molecule has 0 radical (unpaired) electrons. The number of phosphoric acid groups is 3. The molecule has 4 aromatic rings. The van der Waals surface area contributed by atoms with Gasteiger partial charge in [-0.3, -0.25) is 33.2 Å². The monoisotopic (exact) mass is 790 g/mol. The summed E-state index contributed by atoms with van der Waals surface area (Å²) in [4.78, 5) is 79.2. The Kier molecular flexibility index (Phi) is 11.0. The molecule has 0 aliphatic carbocycles. The van der Waals surface area contributed by atoms with Crippen molar-refractivity contribution in [1.29, 1.82) is 0 Å². The number of anilines is 2. The number of nitrogen functional groups attached to an aromatic ring is 2. The molecule has 0 saturated carbocycles. The van der Waals surface area contributed by atoms with Gasteiger partial charge in [-0.1, -0.05) is 0 Å². The second kappa shape index (κ2) is 14.5. The fourth-order valence-corrected chi connectivity index (χ4v) is 7.93. The maximum absolute atomic E-state index is 11.9. The number of nitrogens with one attached hydrogen (secondary N) is 2. The minimum Gasteiger partial charge on any atom is -0.394 e. The van der Waals surface area contributed by atoms with E-state index in [-0.39, 0.29) is 47.3 Å². The normalized spacial score (nSPS) is 27.6. The number of imidazole rings is 2. The molecule has 0 bridgehead atoms. The van der Waals surface area contributed by atoms with Crippen LogP contribution in [0.5, 0.6) is 0 Å². The lowest BCUT2D eigenvalue weighted by Crippen LogP contribution is -2.33. The van der Waals surface area contributed by atoms with Crippen molar-refractivity contribution < 1.29 is 76.3 Å². The molecule has 282 valence electrons. The van der Waals surface area contributed by atoms with Crippen molar-refractivity contribution in [3.05, 3.63) is 33.4 Å². The van der Waals surface area contributed by atoms with Crippen LogP contribution in [0.4, 0.5) is 11.9 Å². The highest BCUT2D eigenvalue weighted by molar-refractivity contribution is 7.66. The Morgan fingerprint density at radius 1 is 0.824 bits per heavy atom. The fraction of sp³-hybridized carbons (Fsp3) is 0.500. The lowest BCUT2D eigenvalue weighted by atomic mass is 10.1. The Bertz CT molecular complexity index is 2170. The van der Waals surface area contributed by atoms with Crippen LogP contribution >= 0.6 is 23.5 Å². The van der Waals surface area contributed by atoms with Gasteiger partial charge in [0.1, 0.15) is 30.6 Å². The molecule has 2 aliphatic rings. The van der Waals surface area contributed by atoms with Gasteiger partial charge in [0.2, 0.25) is 11.9 Å². The number of ether oxygens (including phenoxy) is 2. The van der Waals surface area contributed by atoms with Crippen LogP contribution in [0.2, 0.25) is 0 Å². The van der Waals surface area contributed by atoms with Gasteiger partial charge in [-0.05, 0) is 0 Å². The van der Waals surface area contributed by atoms with E-state index in [4.69, 9.17) is 40.7 Å². The quantitative estimate of drug-likeness (QED) is 0.0681. The summed E-state index contributed by atoms with van der Waals surface area (Å²) >= 11 is 0. The van der Waals surface area contributed by atoms with Gasteiger partial charge in [0.25, 0.3) is 11.1 Å². The number of aromatic amines is 2. The minimum absolute atomic E-state index is 0.0171. The molecule has 2 unspecified atom stereocenters. The first kappa shape index (κ1) is 38.7. The van der Waals surface area contributed by atoms with E-state index in [1.165, 1.54) is 10.9 Å². The van der Waals surface area contributed by atoms with Crippen LogP contribution in [0.15, 0.2) is 22.2 Å². The van der Waals surface area contributed by atoms with E-state index < -0.39 is 84.2 Å². The van der Waals surface area contributed by atoms with Gasteiger partial charge in [0.15, 0.2) is 28.6 Å². The van der Waals surface area contributed by atoms with Crippen LogP contribution in [-0.4, -0.2) is 123 Å². The number of hydrogen-bond donors (Lipinski definition) is 12. The Labute approximate surface area is 280 Å². The predicted octanol–water partition coefficient (Wildman–Crippen LogP) is -3.99. The summed E-state index contributed by atoms with van der Waals surface area (Å²) < 4.78 is 58.6. The van der Waals surface area contributed by atoms with Crippen LogP contribution in [-0.2, 0) is 36.3 Å². The second-order valence-corrected chi connectivity index (χ2v) is 15.0. The summed E-state index contributed by atoms with van der Waals surface area (Å²) in [5.41, 5.74) is 10.0. The van der Waals surface area contributed by atoms with Crippen LogP contribution in [0.25, 0.3) is 22.3 Å². The van der Waals surface area contributed by atoms with E-state index in [0.29, 0.717) is 0 Å². The van der Waals surface area contributed by atoms with Crippen molar-refractivity contribution in [1.82, 2.24) is 39.0 Å². The SMILES string of the molecule is Nc1nc2c(ncn2[C@@H]2O[C@H](COP(=O)(O)OP(=O)(O)OP(=O)(O)O)[C@@H](O)[C@H]2O)c(=O)[nH]1.Nc1nc2c(ncn2[C@H]2C[C@H](O)[C@@H](CO)O2)c(=O)[nH]1. The molecule has 2 aliphatic heterocycles. The van der Waals surface area contributed by atoms with Crippen molar-refractivity contribution in [2.75, 3.05) is 24.7 Å². The van der Waals surface area contributed by atoms with Gasteiger partial charge in [0, 0.05) is 6.42 Å². The summed E-state index contributed by atoms with van der Waals surface area (Å²) in [6.07, 6.45) is -5.60. The Hall–Kier alpha value is -3.53. The average Bonchev–Trinajstić information content (AvgIpc) is 3.76. The maximum atomic E-state index is 11.9. The molecule has 51 heavy (non-hydrogen) atoms. The van der Waals surface area contributed by atoms with Gasteiger partial charge in [-0.15, -0.1) is 0 Å². The highest BCUT2D eigenvalue weighted by Crippen LogP contribution is 2.66. The first-order valence-electron chi connectivity index (χ1n) is 13.9. The number of aliphatic hydroxyl groups is 4. The molecule has 0 spiro atoms. The molecule has 2 saturated heterocycles. The maximum Gasteiger partial charge on any atom is 0.490 e. The van der Waals surface area contributed by atoms with E-state index in [1.54, 1.807) is 0 Å². The Morgan fingerprint density at radius 3 is 1.90 bits per heavy atom. The van der Waals surface area contributed by atoms with E-state index in [0.717, 1.165) is 10.9 Å². The number of hydrogen-bond acceptors (Lipinski definition) is 20. The molecular formula is C20H29N10O18P3. The smallest absolute Gasteiger partial charge is 0.394 e. The highest BCUT2D eigenvalue weighted by atomic mass is 31.3. The molecule has 0 amide bonds. The highest BCUT2D eigenvalue weighted by Gasteiger charge is 2.47. The number of rotatable bonds is 10. The van der Waals surface area contributed by atoms with Crippen molar-refractivity contribution in [2.24, 2.45) is 0 Å². The average molecular weight is 790 g/mol. The molecule has 0 aromatic carbocycles. The van der Waals surface area contributed by atoms with Gasteiger partial charge in [-0.25, -0.2) is 23.7 Å². The second-order valence-electron chi connectivity index (χ2n) is 10.6. The lowest BCUT2D eigenvalue weighted by Gasteiger charge is -2.19. The molecule has 9 atom stereocenters. The zero-order valence-electron chi connectivity index (χ0n) is 25.2. The van der Waals surface area contributed by atoms with Crippen LogP contribution < -0.4 is 22.6 Å². The van der Waals surface area contributed by atoms with Gasteiger partial charge >= 0.3 is 23.5 Å². The third-order valence-corrected chi connectivity index (χ3v) is 10.8. The summed E-state index contributed by atoms with van der Waals surface area (Å²) in [6.45, 7) is -1.29. The summed E-state index contributed by atoms with van der Waals surface area (Å²) in [7, 11) is -16.8. The summed E-state index contributed by atoms with van der Waals surface area (Å²) in [5, 5.41) is 39.2. The molecule has 6 heterocycles.